The molecule has 0 atom stereocenters. The van der Waals surface area contributed by atoms with Crippen molar-refractivity contribution in [2.45, 2.75) is 76.0 Å². The van der Waals surface area contributed by atoms with E-state index in [1.807, 2.05) is 18.3 Å². The zero-order valence-electron chi connectivity index (χ0n) is 22.3. The van der Waals surface area contributed by atoms with Gasteiger partial charge in [0.05, 0.1) is 5.82 Å². The van der Waals surface area contributed by atoms with Crippen LogP contribution in [0.4, 0.5) is 0 Å². The van der Waals surface area contributed by atoms with Gasteiger partial charge in [-0.2, -0.15) is 0 Å². The van der Waals surface area contributed by atoms with Gasteiger partial charge in [-0.1, -0.05) is 56.7 Å². The largest absolute Gasteiger partial charge is 0.344 e. The maximum atomic E-state index is 4.91. The molecule has 0 amide bonds. The van der Waals surface area contributed by atoms with E-state index in [2.05, 4.69) is 70.9 Å². The van der Waals surface area contributed by atoms with Gasteiger partial charge in [-0.05, 0) is 60.8 Å². The zero-order chi connectivity index (χ0) is 24.8. The van der Waals surface area contributed by atoms with Crippen molar-refractivity contribution in [3.8, 4) is 17.1 Å². The molecule has 1 radical (unpaired) electrons. The fourth-order valence-electron chi connectivity index (χ4n) is 7.35. The van der Waals surface area contributed by atoms with E-state index in [4.69, 9.17) is 4.98 Å². The Morgan fingerprint density at radius 1 is 0.816 bits per heavy atom. The molecule has 0 bridgehead atoms. The van der Waals surface area contributed by atoms with Gasteiger partial charge in [-0.3, -0.25) is 4.98 Å². The molecule has 2 fully saturated rings. The van der Waals surface area contributed by atoms with Crippen molar-refractivity contribution in [3.63, 3.8) is 0 Å². The Kier molecular flexibility index (Phi) is 7.29. The number of hydrogen-bond donors (Lipinski definition) is 0. The number of aromatic nitrogens is 3. The molecule has 0 saturated heterocycles. The molecular formula is C34H36IrN3-. The Bertz CT molecular complexity index is 1550. The third-order valence-corrected chi connectivity index (χ3v) is 9.13. The summed E-state index contributed by atoms with van der Waals surface area (Å²) < 4.78 is 4.88. The molecule has 2 aromatic heterocycles. The Hall–Kier alpha value is -2.68. The first-order chi connectivity index (χ1) is 18.3. The average molecular weight is 679 g/mol. The van der Waals surface area contributed by atoms with Crippen LogP contribution >= 0.6 is 0 Å². The normalized spacial score (nSPS) is 17.2. The third-order valence-electron chi connectivity index (χ3n) is 9.13. The van der Waals surface area contributed by atoms with Gasteiger partial charge in [-0.15, -0.1) is 35.9 Å². The number of aryl methyl sites for hydroxylation is 1. The van der Waals surface area contributed by atoms with E-state index >= 15 is 0 Å². The number of benzene rings is 3. The molecule has 4 heteroatoms. The quantitative estimate of drug-likeness (QED) is 0.174. The van der Waals surface area contributed by atoms with E-state index in [1.54, 1.807) is 5.56 Å². The van der Waals surface area contributed by atoms with Gasteiger partial charge < -0.3 is 9.13 Å². The molecule has 0 aliphatic heterocycles. The van der Waals surface area contributed by atoms with Crippen LogP contribution in [0.25, 0.3) is 38.9 Å². The fourth-order valence-corrected chi connectivity index (χ4v) is 7.35. The third kappa shape index (κ3) is 4.27. The van der Waals surface area contributed by atoms with Gasteiger partial charge in [0, 0.05) is 67.0 Å². The molecule has 2 aliphatic carbocycles. The smallest absolute Gasteiger partial charge is 0.0602 e. The van der Waals surface area contributed by atoms with Crippen LogP contribution in [-0.4, -0.2) is 14.1 Å². The summed E-state index contributed by atoms with van der Waals surface area (Å²) in [7, 11) is 2.27. The van der Waals surface area contributed by atoms with Crippen LogP contribution < -0.4 is 0 Å². The van der Waals surface area contributed by atoms with E-state index in [0.29, 0.717) is 11.8 Å². The van der Waals surface area contributed by atoms with Crippen LogP contribution in [0.1, 0.15) is 87.2 Å². The summed E-state index contributed by atoms with van der Waals surface area (Å²) in [5.74, 6) is 2.19. The minimum absolute atomic E-state index is 0. The van der Waals surface area contributed by atoms with Crippen molar-refractivity contribution >= 4 is 21.8 Å². The molecule has 0 spiro atoms. The molecule has 5 aromatic rings. The number of fused-ring (bicyclic) bond motifs is 3. The molecule has 38 heavy (non-hydrogen) atoms. The van der Waals surface area contributed by atoms with Gasteiger partial charge in [0.25, 0.3) is 0 Å². The average Bonchev–Trinajstić information content (AvgIpc) is 3.57. The van der Waals surface area contributed by atoms with Crippen molar-refractivity contribution < 1.29 is 20.1 Å². The number of hydrogen-bond acceptors (Lipinski definition) is 1. The van der Waals surface area contributed by atoms with Crippen LogP contribution in [-0.2, 0) is 27.2 Å². The Balaban J connectivity index is 0.00000264. The monoisotopic (exact) mass is 679 g/mol. The molecule has 197 valence electrons. The second kappa shape index (κ2) is 10.8. The van der Waals surface area contributed by atoms with Crippen LogP contribution in [0.2, 0.25) is 0 Å². The Morgan fingerprint density at radius 2 is 1.53 bits per heavy atom. The molecule has 2 heterocycles. The van der Waals surface area contributed by atoms with Gasteiger partial charge in [0.1, 0.15) is 0 Å². The molecule has 0 N–H and O–H groups in total. The van der Waals surface area contributed by atoms with Crippen LogP contribution in [0.15, 0.2) is 67.0 Å². The van der Waals surface area contributed by atoms with Gasteiger partial charge >= 0.3 is 0 Å². The summed E-state index contributed by atoms with van der Waals surface area (Å²) in [6.07, 6.45) is 17.4. The summed E-state index contributed by atoms with van der Waals surface area (Å²) in [6, 6.07) is 23.3. The van der Waals surface area contributed by atoms with Crippen LogP contribution in [0, 0.1) is 6.07 Å². The SMILES string of the molecule is Cn1c2ccccc2c2c(C3CCCCC3)c(-n3ccnc3-c3[c-]cccc3)c(C3CCCCC3)cc21.[Ir]. The first-order valence-corrected chi connectivity index (χ1v) is 14.4. The number of para-hydroxylation sites is 1. The number of imidazole rings is 1. The van der Waals surface area contributed by atoms with E-state index in [0.717, 1.165) is 11.4 Å². The summed E-state index contributed by atoms with van der Waals surface area (Å²) in [5, 5.41) is 2.86. The van der Waals surface area contributed by atoms with Crippen molar-refractivity contribution in [1.82, 2.24) is 14.1 Å². The molecule has 0 unspecified atom stereocenters. The summed E-state index contributed by atoms with van der Waals surface area (Å²) in [6.45, 7) is 0. The van der Waals surface area contributed by atoms with Gasteiger partial charge in [0.15, 0.2) is 0 Å². The predicted molar refractivity (Wildman–Crippen MR) is 153 cm³/mol. The van der Waals surface area contributed by atoms with E-state index < -0.39 is 0 Å². The van der Waals surface area contributed by atoms with Gasteiger partial charge in [-0.25, -0.2) is 0 Å². The summed E-state index contributed by atoms with van der Waals surface area (Å²) in [4.78, 5) is 4.91. The topological polar surface area (TPSA) is 22.8 Å². The van der Waals surface area contributed by atoms with Crippen molar-refractivity contribution in [2.24, 2.45) is 7.05 Å². The number of rotatable bonds is 4. The Labute approximate surface area is 239 Å². The number of nitrogens with zero attached hydrogens (tertiary/aromatic N) is 3. The van der Waals surface area contributed by atoms with Crippen LogP contribution in [0.3, 0.4) is 0 Å². The molecule has 7 rings (SSSR count). The molecule has 3 aromatic carbocycles. The maximum absolute atomic E-state index is 4.91. The first-order valence-electron chi connectivity index (χ1n) is 14.4. The van der Waals surface area contributed by atoms with Gasteiger partial charge in [0.2, 0.25) is 0 Å². The first kappa shape index (κ1) is 25.6. The summed E-state index contributed by atoms with van der Waals surface area (Å²) >= 11 is 0. The Morgan fingerprint density at radius 3 is 2.26 bits per heavy atom. The molecular weight excluding hydrogens is 643 g/mol. The van der Waals surface area contributed by atoms with Crippen molar-refractivity contribution in [3.05, 3.63) is 84.2 Å². The fraction of sp³-hybridized carbons (Fsp3) is 0.382. The molecule has 2 aliphatic rings. The second-order valence-corrected chi connectivity index (χ2v) is 11.3. The van der Waals surface area contributed by atoms with Crippen LogP contribution in [0.5, 0.6) is 0 Å². The molecule has 3 nitrogen and oxygen atoms in total. The minimum atomic E-state index is 0. The van der Waals surface area contributed by atoms with Crippen molar-refractivity contribution in [2.75, 3.05) is 0 Å². The van der Waals surface area contributed by atoms with E-state index in [-0.39, 0.29) is 20.1 Å². The van der Waals surface area contributed by atoms with E-state index in [1.165, 1.54) is 97.3 Å². The van der Waals surface area contributed by atoms with Crippen molar-refractivity contribution in [1.29, 1.82) is 0 Å². The maximum Gasteiger partial charge on any atom is 0.0602 e. The standard InChI is InChI=1S/C34H36N3.Ir/c1-36-29-20-12-11-19-27(29)32-30(36)23-28(24-13-5-2-6-14-24)33(31(32)25-15-7-3-8-16-25)37-22-21-35-34(37)26-17-9-4-10-18-26;/h4,9-12,17,19-25H,2-3,5-8,13-16H2,1H3;/q-1;. The zero-order valence-corrected chi connectivity index (χ0v) is 24.6. The molecule has 2 saturated carbocycles. The summed E-state index contributed by atoms with van der Waals surface area (Å²) in [5.41, 5.74) is 8.34. The second-order valence-electron chi connectivity index (χ2n) is 11.3. The predicted octanol–water partition coefficient (Wildman–Crippen LogP) is 9.08. The minimum Gasteiger partial charge on any atom is -0.344 e. The van der Waals surface area contributed by atoms with E-state index in [9.17, 15) is 0 Å².